The van der Waals surface area contributed by atoms with Gasteiger partial charge in [-0.25, -0.2) is 4.39 Å². The topological polar surface area (TPSA) is 40.5 Å². The standard InChI is InChI=1S/C9H11FO2/c1-5(2)9-7(10)3-6(11)4-8(9)12/h3-5,11-12H,1-2H3. The number of rotatable bonds is 1. The van der Waals surface area contributed by atoms with Crippen molar-refractivity contribution in [2.24, 2.45) is 0 Å². The van der Waals surface area contributed by atoms with Crippen molar-refractivity contribution in [1.82, 2.24) is 0 Å². The molecule has 0 amide bonds. The van der Waals surface area contributed by atoms with Crippen molar-refractivity contribution in [1.29, 1.82) is 0 Å². The lowest BCUT2D eigenvalue weighted by molar-refractivity contribution is 0.430. The summed E-state index contributed by atoms with van der Waals surface area (Å²) >= 11 is 0. The summed E-state index contributed by atoms with van der Waals surface area (Å²) in [5.74, 6) is -1.11. The fraction of sp³-hybridized carbons (Fsp3) is 0.333. The van der Waals surface area contributed by atoms with Crippen molar-refractivity contribution in [2.45, 2.75) is 19.8 Å². The summed E-state index contributed by atoms with van der Waals surface area (Å²) in [4.78, 5) is 0. The zero-order valence-corrected chi connectivity index (χ0v) is 7.00. The van der Waals surface area contributed by atoms with Gasteiger partial charge in [-0.1, -0.05) is 13.8 Å². The average Bonchev–Trinajstić information content (AvgIpc) is 1.82. The van der Waals surface area contributed by atoms with Crippen LogP contribution in [0.4, 0.5) is 4.39 Å². The minimum absolute atomic E-state index is 0.0920. The fourth-order valence-electron chi connectivity index (χ4n) is 1.16. The van der Waals surface area contributed by atoms with E-state index >= 15 is 0 Å². The zero-order valence-electron chi connectivity index (χ0n) is 7.00. The highest BCUT2D eigenvalue weighted by Crippen LogP contribution is 2.31. The molecule has 12 heavy (non-hydrogen) atoms. The van der Waals surface area contributed by atoms with Crippen LogP contribution >= 0.6 is 0 Å². The maximum absolute atomic E-state index is 13.0. The van der Waals surface area contributed by atoms with Crippen molar-refractivity contribution in [3.8, 4) is 11.5 Å². The lowest BCUT2D eigenvalue weighted by atomic mass is 10.0. The van der Waals surface area contributed by atoms with Crippen LogP contribution in [0.2, 0.25) is 0 Å². The smallest absolute Gasteiger partial charge is 0.134 e. The maximum atomic E-state index is 13.0. The van der Waals surface area contributed by atoms with E-state index in [0.717, 1.165) is 12.1 Å². The number of aromatic hydroxyl groups is 2. The summed E-state index contributed by atoms with van der Waals surface area (Å²) in [5, 5.41) is 18.1. The second-order valence-electron chi connectivity index (χ2n) is 3.02. The molecule has 0 fully saturated rings. The first-order valence-corrected chi connectivity index (χ1v) is 3.73. The fourth-order valence-corrected chi connectivity index (χ4v) is 1.16. The number of hydrogen-bond acceptors (Lipinski definition) is 2. The predicted octanol–water partition coefficient (Wildman–Crippen LogP) is 2.36. The van der Waals surface area contributed by atoms with Crippen LogP contribution in [-0.2, 0) is 0 Å². The average molecular weight is 170 g/mol. The van der Waals surface area contributed by atoms with Gasteiger partial charge in [-0.15, -0.1) is 0 Å². The second-order valence-corrected chi connectivity index (χ2v) is 3.02. The lowest BCUT2D eigenvalue weighted by Crippen LogP contribution is -1.93. The quantitative estimate of drug-likeness (QED) is 0.679. The SMILES string of the molecule is CC(C)c1c(O)cc(O)cc1F. The van der Waals surface area contributed by atoms with E-state index in [2.05, 4.69) is 0 Å². The molecule has 0 aliphatic heterocycles. The molecule has 0 atom stereocenters. The Balaban J connectivity index is 3.28. The molecular weight excluding hydrogens is 159 g/mol. The molecule has 3 heteroatoms. The largest absolute Gasteiger partial charge is 0.508 e. The molecule has 0 spiro atoms. The Kier molecular flexibility index (Phi) is 2.22. The van der Waals surface area contributed by atoms with Gasteiger partial charge in [0.15, 0.2) is 0 Å². The molecule has 0 aromatic heterocycles. The summed E-state index contributed by atoms with van der Waals surface area (Å²) in [6.07, 6.45) is 0. The molecule has 0 aliphatic carbocycles. The Morgan fingerprint density at radius 3 is 2.25 bits per heavy atom. The molecule has 1 aromatic rings. The second kappa shape index (κ2) is 3.01. The van der Waals surface area contributed by atoms with Crippen LogP contribution in [0.3, 0.4) is 0 Å². The van der Waals surface area contributed by atoms with Gasteiger partial charge in [-0.3, -0.25) is 0 Å². The van der Waals surface area contributed by atoms with E-state index in [-0.39, 0.29) is 23.0 Å². The van der Waals surface area contributed by atoms with Gasteiger partial charge in [-0.05, 0) is 5.92 Å². The predicted molar refractivity (Wildman–Crippen MR) is 43.8 cm³/mol. The number of halogens is 1. The van der Waals surface area contributed by atoms with E-state index in [9.17, 15) is 9.50 Å². The van der Waals surface area contributed by atoms with Crippen LogP contribution in [0.5, 0.6) is 11.5 Å². The molecule has 0 aliphatic rings. The van der Waals surface area contributed by atoms with E-state index in [4.69, 9.17) is 5.11 Å². The van der Waals surface area contributed by atoms with Crippen molar-refractivity contribution >= 4 is 0 Å². The molecule has 1 aromatic carbocycles. The lowest BCUT2D eigenvalue weighted by Gasteiger charge is -2.09. The Hall–Kier alpha value is -1.25. The molecule has 0 saturated carbocycles. The van der Waals surface area contributed by atoms with E-state index in [1.807, 2.05) is 0 Å². The van der Waals surface area contributed by atoms with Crippen LogP contribution in [0.25, 0.3) is 0 Å². The Labute approximate surface area is 70.3 Å². The van der Waals surface area contributed by atoms with Gasteiger partial charge in [0.05, 0.1) is 0 Å². The van der Waals surface area contributed by atoms with Crippen molar-refractivity contribution < 1.29 is 14.6 Å². The van der Waals surface area contributed by atoms with E-state index in [1.54, 1.807) is 13.8 Å². The first-order valence-electron chi connectivity index (χ1n) is 3.73. The molecule has 0 bridgehead atoms. The molecule has 2 nitrogen and oxygen atoms in total. The van der Waals surface area contributed by atoms with Crippen LogP contribution in [0, 0.1) is 5.82 Å². The first-order chi connectivity index (χ1) is 5.52. The van der Waals surface area contributed by atoms with Crippen LogP contribution < -0.4 is 0 Å². The minimum atomic E-state index is -0.567. The summed E-state index contributed by atoms with van der Waals surface area (Å²) in [6, 6.07) is 2.13. The highest BCUT2D eigenvalue weighted by atomic mass is 19.1. The molecular formula is C9H11FO2. The monoisotopic (exact) mass is 170 g/mol. The van der Waals surface area contributed by atoms with Gasteiger partial charge in [-0.2, -0.15) is 0 Å². The number of phenols is 2. The third-order valence-corrected chi connectivity index (χ3v) is 1.67. The minimum Gasteiger partial charge on any atom is -0.508 e. The van der Waals surface area contributed by atoms with E-state index in [0.29, 0.717) is 0 Å². The van der Waals surface area contributed by atoms with Gasteiger partial charge in [0.2, 0.25) is 0 Å². The van der Waals surface area contributed by atoms with Gasteiger partial charge in [0.25, 0.3) is 0 Å². The summed E-state index contributed by atoms with van der Waals surface area (Å²) in [6.45, 7) is 3.55. The first kappa shape index (κ1) is 8.84. The number of phenolic OH excluding ortho intramolecular Hbond substituents is 2. The third kappa shape index (κ3) is 1.49. The van der Waals surface area contributed by atoms with Gasteiger partial charge >= 0.3 is 0 Å². The van der Waals surface area contributed by atoms with Crippen molar-refractivity contribution in [3.05, 3.63) is 23.5 Å². The van der Waals surface area contributed by atoms with Crippen molar-refractivity contribution in [2.75, 3.05) is 0 Å². The summed E-state index contributed by atoms with van der Waals surface area (Å²) in [5.41, 5.74) is 0.243. The normalized spacial score (nSPS) is 10.7. The number of hydrogen-bond donors (Lipinski definition) is 2. The molecule has 2 N–H and O–H groups in total. The molecule has 0 heterocycles. The Bertz CT molecular complexity index is 272. The number of benzene rings is 1. The van der Waals surface area contributed by atoms with E-state index < -0.39 is 5.82 Å². The highest BCUT2D eigenvalue weighted by Gasteiger charge is 2.12. The van der Waals surface area contributed by atoms with Gasteiger partial charge < -0.3 is 10.2 Å². The van der Waals surface area contributed by atoms with Crippen LogP contribution in [0.15, 0.2) is 12.1 Å². The Morgan fingerprint density at radius 1 is 1.25 bits per heavy atom. The highest BCUT2D eigenvalue weighted by molar-refractivity contribution is 5.41. The molecule has 0 saturated heterocycles. The summed E-state index contributed by atoms with van der Waals surface area (Å²) < 4.78 is 13.0. The molecule has 0 unspecified atom stereocenters. The molecule has 66 valence electrons. The molecule has 1 rings (SSSR count). The zero-order chi connectivity index (χ0) is 9.30. The van der Waals surface area contributed by atoms with Gasteiger partial charge in [0.1, 0.15) is 17.3 Å². The van der Waals surface area contributed by atoms with Crippen LogP contribution in [-0.4, -0.2) is 10.2 Å². The summed E-state index contributed by atoms with van der Waals surface area (Å²) in [7, 11) is 0. The third-order valence-electron chi connectivity index (χ3n) is 1.67. The van der Waals surface area contributed by atoms with Gasteiger partial charge in [0, 0.05) is 17.7 Å². The molecule has 0 radical (unpaired) electrons. The van der Waals surface area contributed by atoms with Crippen LogP contribution in [0.1, 0.15) is 25.3 Å². The van der Waals surface area contributed by atoms with E-state index in [1.165, 1.54) is 0 Å². The van der Waals surface area contributed by atoms with Crippen molar-refractivity contribution in [3.63, 3.8) is 0 Å². The Morgan fingerprint density at radius 2 is 1.83 bits per heavy atom. The maximum Gasteiger partial charge on any atom is 0.134 e.